The van der Waals surface area contributed by atoms with Crippen LogP contribution in [0.4, 0.5) is 0 Å². The number of hydrogen-bond donors (Lipinski definition) is 2. The zero-order valence-corrected chi connectivity index (χ0v) is 10.4. The first-order valence-corrected chi connectivity index (χ1v) is 7.13. The van der Waals surface area contributed by atoms with Crippen LogP contribution in [0, 0.1) is 4.78 Å². The average Bonchev–Trinajstić information content (AvgIpc) is 2.30. The molecule has 0 spiro atoms. The second kappa shape index (κ2) is 5.14. The second-order valence-corrected chi connectivity index (χ2v) is 5.81. The summed E-state index contributed by atoms with van der Waals surface area (Å²) in [5.41, 5.74) is 1.14. The second-order valence-electron chi connectivity index (χ2n) is 4.13. The van der Waals surface area contributed by atoms with Crippen LogP contribution in [0.1, 0.15) is 5.56 Å². The molecule has 1 aromatic carbocycles. The van der Waals surface area contributed by atoms with Gasteiger partial charge in [0.25, 0.3) is 0 Å². The Bertz CT molecular complexity index is 464. The normalized spacial score (nSPS) is 21.0. The van der Waals surface area contributed by atoms with Crippen molar-refractivity contribution in [2.75, 3.05) is 26.3 Å². The van der Waals surface area contributed by atoms with Gasteiger partial charge in [0.2, 0.25) is 0 Å². The molecule has 1 saturated heterocycles. The third-order valence-corrected chi connectivity index (χ3v) is 3.76. The average molecular weight is 255 g/mol. The zero-order chi connectivity index (χ0) is 12.3. The molecule has 2 rings (SSSR count). The van der Waals surface area contributed by atoms with Crippen LogP contribution in [-0.4, -0.2) is 35.4 Å². The lowest BCUT2D eigenvalue weighted by molar-refractivity contribution is 0.0342. The highest BCUT2D eigenvalue weighted by molar-refractivity contribution is 7.90. The molecule has 1 heterocycles. The maximum absolute atomic E-state index is 11.3. The number of hydrogen-bond acceptors (Lipinski definition) is 4. The number of rotatable bonds is 3. The van der Waals surface area contributed by atoms with Gasteiger partial charge in [0.1, 0.15) is 9.92 Å². The van der Waals surface area contributed by atoms with Crippen molar-refractivity contribution in [1.82, 2.24) is 4.90 Å². The minimum absolute atomic E-state index is 0.378. The van der Waals surface area contributed by atoms with E-state index in [9.17, 15) is 4.21 Å². The summed E-state index contributed by atoms with van der Waals surface area (Å²) >= 11 is 0. The lowest BCUT2D eigenvalue weighted by atomic mass is 10.2. The summed E-state index contributed by atoms with van der Waals surface area (Å²) in [5.74, 6) is 0. The minimum Gasteiger partial charge on any atom is -0.379 e. The van der Waals surface area contributed by atoms with Gasteiger partial charge in [-0.25, -0.2) is 14.1 Å². The summed E-state index contributed by atoms with van der Waals surface area (Å²) < 4.78 is 23.9. The minimum atomic E-state index is -3.09. The molecule has 17 heavy (non-hydrogen) atoms. The van der Waals surface area contributed by atoms with Crippen LogP contribution >= 0.6 is 0 Å². The highest BCUT2D eigenvalue weighted by Crippen LogP contribution is 2.11. The molecule has 0 aromatic heterocycles. The van der Waals surface area contributed by atoms with E-state index in [1.165, 1.54) is 0 Å². The smallest absolute Gasteiger partial charge is 0.132 e. The molecule has 1 aliphatic heterocycles. The van der Waals surface area contributed by atoms with Crippen molar-refractivity contribution in [3.05, 3.63) is 29.8 Å². The molecule has 94 valence electrons. The Labute approximate surface area is 102 Å². The first kappa shape index (κ1) is 12.5. The van der Waals surface area contributed by atoms with E-state index >= 15 is 0 Å². The molecule has 0 radical (unpaired) electrons. The van der Waals surface area contributed by atoms with E-state index in [1.54, 1.807) is 12.1 Å². The predicted octanol–water partition coefficient (Wildman–Crippen LogP) is 0.798. The number of nitrogens with one attached hydrogen (secondary N) is 1. The molecule has 0 aliphatic carbocycles. The number of benzene rings is 1. The topological polar surface area (TPSA) is 79.4 Å². The summed E-state index contributed by atoms with van der Waals surface area (Å²) in [6.07, 6.45) is 0. The van der Waals surface area contributed by atoms with Crippen LogP contribution in [0.5, 0.6) is 0 Å². The van der Waals surface area contributed by atoms with Crippen LogP contribution < -0.4 is 5.14 Å². The summed E-state index contributed by atoms with van der Waals surface area (Å²) in [4.78, 5) is 2.68. The summed E-state index contributed by atoms with van der Waals surface area (Å²) in [6, 6.07) is 7.11. The van der Waals surface area contributed by atoms with Crippen molar-refractivity contribution in [2.45, 2.75) is 11.4 Å². The summed E-state index contributed by atoms with van der Waals surface area (Å²) in [6.45, 7) is 4.29. The van der Waals surface area contributed by atoms with Crippen molar-refractivity contribution in [3.8, 4) is 0 Å². The van der Waals surface area contributed by atoms with E-state index in [2.05, 4.69) is 4.90 Å². The lowest BCUT2D eigenvalue weighted by Gasteiger charge is -2.26. The van der Waals surface area contributed by atoms with Crippen molar-refractivity contribution >= 4 is 9.92 Å². The highest BCUT2D eigenvalue weighted by Gasteiger charge is 2.11. The molecule has 1 unspecified atom stereocenters. The number of nitrogens with zero attached hydrogens (tertiary/aromatic N) is 1. The molecule has 0 bridgehead atoms. The Morgan fingerprint density at radius 1 is 1.29 bits per heavy atom. The predicted molar refractivity (Wildman–Crippen MR) is 65.9 cm³/mol. The highest BCUT2D eigenvalue weighted by atomic mass is 32.2. The third-order valence-electron chi connectivity index (χ3n) is 2.78. The fourth-order valence-electron chi connectivity index (χ4n) is 1.81. The van der Waals surface area contributed by atoms with Crippen molar-refractivity contribution in [3.63, 3.8) is 0 Å². The molecule has 1 atom stereocenters. The van der Waals surface area contributed by atoms with Gasteiger partial charge in [0.15, 0.2) is 0 Å². The van der Waals surface area contributed by atoms with Gasteiger partial charge < -0.3 is 4.74 Å². The lowest BCUT2D eigenvalue weighted by Crippen LogP contribution is -2.35. The molecule has 1 aromatic rings. The van der Waals surface area contributed by atoms with Crippen molar-refractivity contribution in [2.24, 2.45) is 5.14 Å². The van der Waals surface area contributed by atoms with Crippen LogP contribution in [0.3, 0.4) is 0 Å². The van der Waals surface area contributed by atoms with Gasteiger partial charge in [-0.2, -0.15) is 0 Å². The molecule has 3 N–H and O–H groups in total. The van der Waals surface area contributed by atoms with E-state index in [-0.39, 0.29) is 0 Å². The fourth-order valence-corrected chi connectivity index (χ4v) is 2.35. The monoisotopic (exact) mass is 255 g/mol. The van der Waals surface area contributed by atoms with Crippen LogP contribution in [0.2, 0.25) is 0 Å². The molecular formula is C11H17N3O2S. The van der Waals surface area contributed by atoms with Gasteiger partial charge in [-0.05, 0) is 17.7 Å². The maximum Gasteiger partial charge on any atom is 0.132 e. The molecule has 0 amide bonds. The first-order valence-electron chi connectivity index (χ1n) is 5.51. The van der Waals surface area contributed by atoms with Gasteiger partial charge in [0.05, 0.1) is 18.1 Å². The largest absolute Gasteiger partial charge is 0.379 e. The molecule has 0 saturated carbocycles. The van der Waals surface area contributed by atoms with Gasteiger partial charge >= 0.3 is 0 Å². The quantitative estimate of drug-likeness (QED) is 0.838. The van der Waals surface area contributed by atoms with E-state index in [1.807, 2.05) is 12.1 Å². The molecular weight excluding hydrogens is 238 g/mol. The molecule has 5 nitrogen and oxygen atoms in total. The Morgan fingerprint density at radius 2 is 1.88 bits per heavy atom. The molecule has 1 fully saturated rings. The third kappa shape index (κ3) is 3.50. The standard InChI is InChI=1S/C11H17N3O2S/c12-17(13,15)11-3-1-10(2-4-11)9-14-5-7-16-8-6-14/h1-4H,5-9H2,(H3,12,13,15). The zero-order valence-electron chi connectivity index (χ0n) is 9.59. The number of nitrogens with two attached hydrogens (primary N) is 1. The van der Waals surface area contributed by atoms with Crippen LogP contribution in [0.15, 0.2) is 29.2 Å². The molecule has 6 heteroatoms. The van der Waals surface area contributed by atoms with Crippen LogP contribution in [-0.2, 0) is 21.2 Å². The van der Waals surface area contributed by atoms with Crippen molar-refractivity contribution in [1.29, 1.82) is 4.78 Å². The van der Waals surface area contributed by atoms with Gasteiger partial charge in [-0.3, -0.25) is 4.90 Å². The van der Waals surface area contributed by atoms with E-state index in [0.717, 1.165) is 38.4 Å². The molecule has 1 aliphatic rings. The maximum atomic E-state index is 11.3. The van der Waals surface area contributed by atoms with E-state index in [0.29, 0.717) is 4.90 Å². The van der Waals surface area contributed by atoms with Gasteiger partial charge in [-0.1, -0.05) is 12.1 Å². The fraction of sp³-hybridized carbons (Fsp3) is 0.455. The Hall–Kier alpha value is -0.950. The summed E-state index contributed by atoms with van der Waals surface area (Å²) in [7, 11) is -3.09. The Balaban J connectivity index is 2.03. The Morgan fingerprint density at radius 3 is 2.41 bits per heavy atom. The first-order chi connectivity index (χ1) is 8.05. The summed E-state index contributed by atoms with van der Waals surface area (Å²) in [5, 5.41) is 5.26. The van der Waals surface area contributed by atoms with E-state index in [4.69, 9.17) is 14.7 Å². The Kier molecular flexibility index (Phi) is 3.78. The SMILES string of the molecule is N=S(N)(=O)c1ccc(CN2CCOCC2)cc1. The number of ether oxygens (including phenoxy) is 1. The van der Waals surface area contributed by atoms with Crippen molar-refractivity contribution < 1.29 is 8.95 Å². The number of morpholine rings is 1. The van der Waals surface area contributed by atoms with Gasteiger partial charge in [-0.15, -0.1) is 0 Å². The van der Waals surface area contributed by atoms with E-state index < -0.39 is 9.92 Å². The van der Waals surface area contributed by atoms with Gasteiger partial charge in [0, 0.05) is 19.6 Å². The van der Waals surface area contributed by atoms with Crippen LogP contribution in [0.25, 0.3) is 0 Å².